The molecule has 1 aliphatic heterocycles. The van der Waals surface area contributed by atoms with E-state index < -0.39 is 0 Å². The highest BCUT2D eigenvalue weighted by molar-refractivity contribution is 5.92. The molecule has 2 N–H and O–H groups in total. The lowest BCUT2D eigenvalue weighted by Crippen LogP contribution is -2.51. The number of hydrogen-bond acceptors (Lipinski definition) is 4. The lowest BCUT2D eigenvalue weighted by molar-refractivity contribution is -0.123. The second-order valence-corrected chi connectivity index (χ2v) is 6.91. The van der Waals surface area contributed by atoms with Crippen LogP contribution in [0.15, 0.2) is 18.2 Å². The fourth-order valence-corrected chi connectivity index (χ4v) is 2.88. The van der Waals surface area contributed by atoms with Crippen molar-refractivity contribution >= 4 is 17.5 Å². The van der Waals surface area contributed by atoms with Gasteiger partial charge in [0, 0.05) is 37.9 Å². The summed E-state index contributed by atoms with van der Waals surface area (Å²) in [4.78, 5) is 28.1. The summed E-state index contributed by atoms with van der Waals surface area (Å²) in [5, 5.41) is 5.72. The molecule has 1 saturated carbocycles. The number of hydrogen-bond donors (Lipinski definition) is 2. The summed E-state index contributed by atoms with van der Waals surface area (Å²) in [7, 11) is 0. The number of halogens is 1. The Labute approximate surface area is 147 Å². The van der Waals surface area contributed by atoms with Gasteiger partial charge in [0.2, 0.25) is 11.8 Å². The average Bonchev–Trinajstić information content (AvgIpc) is 3.36. The summed E-state index contributed by atoms with van der Waals surface area (Å²) < 4.78 is 13.5. The van der Waals surface area contributed by atoms with Crippen LogP contribution in [-0.2, 0) is 9.59 Å². The summed E-state index contributed by atoms with van der Waals surface area (Å²) in [6, 6.07) is 5.08. The second-order valence-electron chi connectivity index (χ2n) is 6.91. The summed E-state index contributed by atoms with van der Waals surface area (Å²) in [6.45, 7) is 5.41. The number of nitrogens with zero attached hydrogens (tertiary/aromatic N) is 2. The van der Waals surface area contributed by atoms with Crippen LogP contribution in [0.2, 0.25) is 0 Å². The molecule has 0 radical (unpaired) electrons. The third-order valence-corrected chi connectivity index (χ3v) is 4.60. The molecule has 1 heterocycles. The van der Waals surface area contributed by atoms with E-state index in [2.05, 4.69) is 20.4 Å². The highest BCUT2D eigenvalue weighted by Gasteiger charge is 2.25. The normalized spacial score (nSPS) is 18.8. The van der Waals surface area contributed by atoms with Crippen LogP contribution in [-0.4, -0.2) is 66.9 Å². The molecule has 1 aromatic carbocycles. The van der Waals surface area contributed by atoms with Gasteiger partial charge in [-0.3, -0.25) is 19.4 Å². The predicted octanol–water partition coefficient (Wildman–Crippen LogP) is 0.969. The van der Waals surface area contributed by atoms with Crippen LogP contribution in [0, 0.1) is 12.7 Å². The molecule has 0 spiro atoms. The fraction of sp³-hybridized carbons (Fsp3) is 0.556. The smallest absolute Gasteiger partial charge is 0.238 e. The van der Waals surface area contributed by atoms with Gasteiger partial charge in [-0.05, 0) is 37.5 Å². The van der Waals surface area contributed by atoms with Crippen molar-refractivity contribution in [2.24, 2.45) is 0 Å². The first-order valence-corrected chi connectivity index (χ1v) is 8.79. The van der Waals surface area contributed by atoms with Crippen LogP contribution in [0.1, 0.15) is 18.4 Å². The first-order chi connectivity index (χ1) is 12.0. The second kappa shape index (κ2) is 7.93. The molecule has 0 aromatic heterocycles. The van der Waals surface area contributed by atoms with Gasteiger partial charge in [-0.2, -0.15) is 0 Å². The number of carbonyl (C=O) groups is 2. The van der Waals surface area contributed by atoms with E-state index in [9.17, 15) is 14.0 Å². The van der Waals surface area contributed by atoms with Crippen LogP contribution < -0.4 is 10.6 Å². The summed E-state index contributed by atoms with van der Waals surface area (Å²) in [5.74, 6) is -0.380. The third kappa shape index (κ3) is 5.51. The van der Waals surface area contributed by atoms with Crippen LogP contribution >= 0.6 is 0 Å². The van der Waals surface area contributed by atoms with E-state index in [4.69, 9.17) is 0 Å². The van der Waals surface area contributed by atoms with Gasteiger partial charge >= 0.3 is 0 Å². The quantitative estimate of drug-likeness (QED) is 0.804. The van der Waals surface area contributed by atoms with Gasteiger partial charge in [0.25, 0.3) is 0 Å². The lowest BCUT2D eigenvalue weighted by atomic mass is 10.2. The SMILES string of the molecule is Cc1ccc(NC(=O)CN2CCN(CC(=O)NC3CC3)CC2)cc1F. The van der Waals surface area contributed by atoms with Gasteiger partial charge in [-0.1, -0.05) is 6.07 Å². The van der Waals surface area contributed by atoms with Gasteiger partial charge in [0.1, 0.15) is 5.82 Å². The third-order valence-electron chi connectivity index (χ3n) is 4.60. The van der Waals surface area contributed by atoms with E-state index in [-0.39, 0.29) is 24.2 Å². The Hall–Kier alpha value is -1.99. The summed E-state index contributed by atoms with van der Waals surface area (Å²) in [5.41, 5.74) is 1.03. The van der Waals surface area contributed by atoms with Gasteiger partial charge in [0.15, 0.2) is 0 Å². The summed E-state index contributed by atoms with van der Waals surface area (Å²) >= 11 is 0. The topological polar surface area (TPSA) is 64.7 Å². The zero-order chi connectivity index (χ0) is 17.8. The summed E-state index contributed by atoms with van der Waals surface area (Å²) in [6.07, 6.45) is 2.19. The van der Waals surface area contributed by atoms with E-state index in [1.54, 1.807) is 19.1 Å². The predicted molar refractivity (Wildman–Crippen MR) is 93.8 cm³/mol. The Morgan fingerprint density at radius 3 is 2.24 bits per heavy atom. The number of carbonyl (C=O) groups excluding carboxylic acids is 2. The minimum atomic E-state index is -0.323. The minimum absolute atomic E-state index is 0.0927. The Morgan fingerprint density at radius 2 is 1.68 bits per heavy atom. The van der Waals surface area contributed by atoms with Crippen molar-refractivity contribution in [3.05, 3.63) is 29.6 Å². The van der Waals surface area contributed by atoms with E-state index in [0.29, 0.717) is 23.8 Å². The number of piperazine rings is 1. The number of aryl methyl sites for hydroxylation is 1. The maximum atomic E-state index is 13.5. The maximum absolute atomic E-state index is 13.5. The van der Waals surface area contributed by atoms with Crippen molar-refractivity contribution in [1.29, 1.82) is 0 Å². The molecule has 25 heavy (non-hydrogen) atoms. The molecule has 2 aliphatic rings. The van der Waals surface area contributed by atoms with E-state index in [1.165, 1.54) is 6.07 Å². The van der Waals surface area contributed by atoms with Crippen molar-refractivity contribution in [2.75, 3.05) is 44.6 Å². The number of nitrogens with one attached hydrogen (secondary N) is 2. The monoisotopic (exact) mass is 348 g/mol. The minimum Gasteiger partial charge on any atom is -0.352 e. The molecule has 136 valence electrons. The standard InChI is InChI=1S/C18H25FN4O2/c1-13-2-3-15(10-16(13)19)21-18(25)12-23-8-6-22(7-9-23)11-17(24)20-14-4-5-14/h2-3,10,14H,4-9,11-12H2,1H3,(H,20,24)(H,21,25). The first-order valence-electron chi connectivity index (χ1n) is 8.79. The van der Waals surface area contributed by atoms with Crippen LogP contribution in [0.4, 0.5) is 10.1 Å². The maximum Gasteiger partial charge on any atom is 0.238 e. The average molecular weight is 348 g/mol. The number of anilines is 1. The van der Waals surface area contributed by atoms with Crippen molar-refractivity contribution in [3.8, 4) is 0 Å². The Kier molecular flexibility index (Phi) is 5.65. The largest absolute Gasteiger partial charge is 0.352 e. The van der Waals surface area contributed by atoms with Crippen LogP contribution in [0.3, 0.4) is 0 Å². The van der Waals surface area contributed by atoms with Crippen LogP contribution in [0.25, 0.3) is 0 Å². The molecule has 0 unspecified atom stereocenters. The van der Waals surface area contributed by atoms with Gasteiger partial charge in [0.05, 0.1) is 13.1 Å². The van der Waals surface area contributed by atoms with Crippen LogP contribution in [0.5, 0.6) is 0 Å². The van der Waals surface area contributed by atoms with Crippen molar-refractivity contribution in [2.45, 2.75) is 25.8 Å². The molecule has 3 rings (SSSR count). The fourth-order valence-electron chi connectivity index (χ4n) is 2.88. The van der Waals surface area contributed by atoms with Crippen molar-refractivity contribution in [3.63, 3.8) is 0 Å². The van der Waals surface area contributed by atoms with Crippen molar-refractivity contribution in [1.82, 2.24) is 15.1 Å². The molecular formula is C18H25FN4O2. The number of amides is 2. The van der Waals surface area contributed by atoms with E-state index >= 15 is 0 Å². The van der Waals surface area contributed by atoms with E-state index in [0.717, 1.165) is 39.0 Å². The highest BCUT2D eigenvalue weighted by atomic mass is 19.1. The number of rotatable bonds is 6. The molecule has 1 aliphatic carbocycles. The highest BCUT2D eigenvalue weighted by Crippen LogP contribution is 2.18. The molecule has 1 saturated heterocycles. The zero-order valence-corrected chi connectivity index (χ0v) is 14.6. The molecule has 7 heteroatoms. The van der Waals surface area contributed by atoms with Gasteiger partial charge in [-0.25, -0.2) is 4.39 Å². The van der Waals surface area contributed by atoms with Gasteiger partial charge in [-0.15, -0.1) is 0 Å². The Balaban J connectivity index is 1.38. The van der Waals surface area contributed by atoms with E-state index in [1.807, 2.05) is 0 Å². The molecule has 0 atom stereocenters. The molecule has 6 nitrogen and oxygen atoms in total. The first kappa shape index (κ1) is 17.8. The molecule has 2 amide bonds. The van der Waals surface area contributed by atoms with Gasteiger partial charge < -0.3 is 10.6 Å². The molecule has 0 bridgehead atoms. The molecular weight excluding hydrogens is 323 g/mol. The Morgan fingerprint density at radius 1 is 1.08 bits per heavy atom. The van der Waals surface area contributed by atoms with Crippen molar-refractivity contribution < 1.29 is 14.0 Å². The zero-order valence-electron chi connectivity index (χ0n) is 14.6. The molecule has 2 fully saturated rings. The lowest BCUT2D eigenvalue weighted by Gasteiger charge is -2.33. The molecule has 1 aromatic rings. The number of benzene rings is 1. The Bertz CT molecular complexity index is 640.